The second kappa shape index (κ2) is 14.3. The molecule has 3 heterocycles. The average Bonchev–Trinajstić information content (AvgIpc) is 3.56. The van der Waals surface area contributed by atoms with Gasteiger partial charge in [-0.3, -0.25) is 24.6 Å². The monoisotopic (exact) mass is 914 g/mol. The van der Waals surface area contributed by atoms with Gasteiger partial charge in [-0.25, -0.2) is 14.7 Å². The number of amides is 4. The van der Waals surface area contributed by atoms with Crippen LogP contribution in [0.5, 0.6) is 17.2 Å². The Morgan fingerprint density at radius 2 is 1.69 bits per heavy atom. The summed E-state index contributed by atoms with van der Waals surface area (Å²) in [7, 11) is 1.31. The number of nitrogens with one attached hydrogen (secondary N) is 1. The molecule has 0 unspecified atom stereocenters. The highest BCUT2D eigenvalue weighted by molar-refractivity contribution is 9.10. The van der Waals surface area contributed by atoms with E-state index in [4.69, 9.17) is 27.9 Å². The Labute approximate surface area is 350 Å². The first kappa shape index (κ1) is 40.1. The Kier molecular flexibility index (Phi) is 9.71. The molecule has 0 bridgehead atoms. The number of aromatic carboxylic acids is 1. The smallest absolute Gasteiger partial charge is 0.417 e. The number of aromatic hydroxyl groups is 2. The maximum Gasteiger partial charge on any atom is 0.417 e. The number of phenolic OH excluding ortho intramolecular Hbond substituents is 1. The number of benzene rings is 3. The van der Waals surface area contributed by atoms with Crippen molar-refractivity contribution in [3.8, 4) is 17.2 Å². The van der Waals surface area contributed by atoms with Crippen molar-refractivity contribution >= 4 is 80.2 Å². The SMILES string of the molecule is COc1cc([C@H]2C3=CC[C@@H]4C(=O)N(c5ccc(C(=O)O)c(O)c5)C(=O)[C@@H]4[C@@H]3C[C@H]3C(=O)N(Nc4ncc(C(F)(F)F)cc4Cl)C(=O)[C@@]23c2ccc(Cl)cc2)cc(Br)c1O. The Hall–Kier alpha value is -5.65. The van der Waals surface area contributed by atoms with Crippen LogP contribution in [0.25, 0.3) is 0 Å². The summed E-state index contributed by atoms with van der Waals surface area (Å²) in [6, 6.07) is 13.1. The molecule has 0 radical (unpaired) electrons. The standard InChI is InChI=1S/C40H28BrCl2F3N4O9/c1-59-29-11-16(10-26(41)32(29)52)31-21-8-9-23-30(36(55)49(34(23)53)20-6-7-22(37(56)57)28(51)13-20)24(21)14-25-35(54)50(38(58)39(25,31)17-2-4-19(42)5-3-17)48-33-27(43)12-18(15-47-33)40(44,45)46/h2-8,10-13,15,23-25,30-31,51-52H,9,14H2,1H3,(H,47,48)(H,56,57)/t23-,24+,25-,30-,31-,39+/m0/s1. The van der Waals surface area contributed by atoms with Crippen LogP contribution in [0.1, 0.15) is 45.8 Å². The number of pyridine rings is 1. The lowest BCUT2D eigenvalue weighted by Gasteiger charge is -2.50. The Morgan fingerprint density at radius 1 is 0.983 bits per heavy atom. The third-order valence-electron chi connectivity index (χ3n) is 11.6. The van der Waals surface area contributed by atoms with Crippen molar-refractivity contribution in [1.82, 2.24) is 9.99 Å². The van der Waals surface area contributed by atoms with Gasteiger partial charge < -0.3 is 20.1 Å². The molecule has 4 amide bonds. The van der Waals surface area contributed by atoms with Gasteiger partial charge in [-0.1, -0.05) is 47.0 Å². The molecule has 19 heteroatoms. The van der Waals surface area contributed by atoms with Gasteiger partial charge in [0.25, 0.3) is 11.8 Å². The van der Waals surface area contributed by atoms with Gasteiger partial charge in [0.1, 0.15) is 11.3 Å². The number of hydrazine groups is 1. The quantitative estimate of drug-likeness (QED) is 0.106. The van der Waals surface area contributed by atoms with Crippen LogP contribution in [0.3, 0.4) is 0 Å². The predicted molar refractivity (Wildman–Crippen MR) is 207 cm³/mol. The molecule has 6 atom stereocenters. The van der Waals surface area contributed by atoms with Gasteiger partial charge in [0.05, 0.1) is 51.0 Å². The number of hydrogen-bond donors (Lipinski definition) is 4. The summed E-state index contributed by atoms with van der Waals surface area (Å²) >= 11 is 15.9. The summed E-state index contributed by atoms with van der Waals surface area (Å²) in [4.78, 5) is 75.2. The molecule has 2 aliphatic carbocycles. The molecule has 4 N–H and O–H groups in total. The van der Waals surface area contributed by atoms with E-state index in [0.29, 0.717) is 39.0 Å². The van der Waals surface area contributed by atoms with E-state index < -0.39 is 98.5 Å². The molecule has 3 fully saturated rings. The molecule has 1 aromatic heterocycles. The molecule has 1 saturated carbocycles. The third-order valence-corrected chi connectivity index (χ3v) is 12.8. The van der Waals surface area contributed by atoms with Gasteiger partial charge in [0.15, 0.2) is 17.3 Å². The number of carboxylic acid groups (broad SMARTS) is 1. The number of hydrogen-bond acceptors (Lipinski definition) is 10. The van der Waals surface area contributed by atoms with E-state index in [1.807, 2.05) is 0 Å². The molecule has 4 aromatic rings. The Bertz CT molecular complexity index is 2560. The summed E-state index contributed by atoms with van der Waals surface area (Å²) in [5.41, 5.74) is 0.150. The summed E-state index contributed by atoms with van der Waals surface area (Å²) < 4.78 is 46.2. The molecule has 2 saturated heterocycles. The lowest BCUT2D eigenvalue weighted by atomic mass is 9.49. The number of ether oxygens (including phenoxy) is 1. The molecule has 304 valence electrons. The van der Waals surface area contributed by atoms with Crippen molar-refractivity contribution in [2.45, 2.75) is 30.4 Å². The lowest BCUT2D eigenvalue weighted by molar-refractivity contribution is -0.139. The zero-order chi connectivity index (χ0) is 42.5. The molecule has 8 rings (SSSR count). The van der Waals surface area contributed by atoms with E-state index in [9.17, 15) is 47.7 Å². The van der Waals surface area contributed by atoms with Crippen molar-refractivity contribution in [1.29, 1.82) is 0 Å². The number of allylic oxidation sites excluding steroid dienone is 2. The van der Waals surface area contributed by atoms with Gasteiger partial charge >= 0.3 is 12.1 Å². The number of carbonyl (C=O) groups excluding carboxylic acids is 4. The van der Waals surface area contributed by atoms with Crippen molar-refractivity contribution in [2.24, 2.45) is 23.7 Å². The number of phenols is 2. The zero-order valence-electron chi connectivity index (χ0n) is 30.1. The minimum Gasteiger partial charge on any atom is -0.507 e. The fourth-order valence-corrected chi connectivity index (χ4v) is 9.96. The van der Waals surface area contributed by atoms with Crippen molar-refractivity contribution < 1.29 is 57.2 Å². The highest BCUT2D eigenvalue weighted by Crippen LogP contribution is 2.65. The minimum atomic E-state index is -4.80. The molecule has 59 heavy (non-hydrogen) atoms. The number of carbonyl (C=O) groups is 5. The van der Waals surface area contributed by atoms with Crippen LogP contribution in [0.15, 0.2) is 83.0 Å². The van der Waals surface area contributed by atoms with Crippen LogP contribution in [-0.2, 0) is 30.8 Å². The number of halogens is 6. The van der Waals surface area contributed by atoms with E-state index >= 15 is 4.79 Å². The molecular formula is C40H28BrCl2F3N4O9. The number of aromatic nitrogens is 1. The first-order valence-corrected chi connectivity index (χ1v) is 19.3. The molecule has 4 aliphatic rings. The van der Waals surface area contributed by atoms with E-state index in [-0.39, 0.29) is 34.5 Å². The molecule has 13 nitrogen and oxygen atoms in total. The lowest BCUT2D eigenvalue weighted by Crippen LogP contribution is -2.53. The number of carboxylic acids is 1. The molecule has 0 spiro atoms. The third kappa shape index (κ3) is 6.11. The molecular weight excluding hydrogens is 888 g/mol. The van der Waals surface area contributed by atoms with E-state index in [1.165, 1.54) is 37.4 Å². The normalized spacial score (nSPS) is 25.1. The number of nitrogens with zero attached hydrogens (tertiary/aromatic N) is 3. The van der Waals surface area contributed by atoms with Crippen molar-refractivity contribution in [3.05, 3.63) is 115 Å². The van der Waals surface area contributed by atoms with Crippen LogP contribution in [-0.4, -0.2) is 62.0 Å². The Morgan fingerprint density at radius 3 is 2.32 bits per heavy atom. The minimum absolute atomic E-state index is 0.000199. The van der Waals surface area contributed by atoms with E-state index in [0.717, 1.165) is 17.0 Å². The highest BCUT2D eigenvalue weighted by Gasteiger charge is 2.70. The number of imide groups is 2. The van der Waals surface area contributed by atoms with Gasteiger partial charge in [0, 0.05) is 23.2 Å². The summed E-state index contributed by atoms with van der Waals surface area (Å²) in [6.07, 6.45) is -2.74. The maximum absolute atomic E-state index is 15.4. The van der Waals surface area contributed by atoms with Gasteiger partial charge in [-0.2, -0.15) is 18.2 Å². The summed E-state index contributed by atoms with van der Waals surface area (Å²) in [5.74, 6) is -11.2. The van der Waals surface area contributed by atoms with Gasteiger partial charge in [-0.15, -0.1) is 0 Å². The van der Waals surface area contributed by atoms with Crippen molar-refractivity contribution in [2.75, 3.05) is 17.4 Å². The van der Waals surface area contributed by atoms with Crippen LogP contribution in [0, 0.1) is 23.7 Å². The average molecular weight is 916 g/mol. The second-order valence-corrected chi connectivity index (χ2v) is 16.2. The number of rotatable bonds is 7. The van der Waals surface area contributed by atoms with E-state index in [2.05, 4.69) is 26.3 Å². The number of anilines is 2. The predicted octanol–water partition coefficient (Wildman–Crippen LogP) is 7.48. The van der Waals surface area contributed by atoms with Crippen LogP contribution in [0.2, 0.25) is 10.0 Å². The topological polar surface area (TPSA) is 187 Å². The fourth-order valence-electron chi connectivity index (χ4n) is 9.17. The number of alkyl halides is 3. The maximum atomic E-state index is 15.4. The van der Waals surface area contributed by atoms with Crippen molar-refractivity contribution in [3.63, 3.8) is 0 Å². The van der Waals surface area contributed by atoms with Crippen LogP contribution >= 0.6 is 39.1 Å². The number of fused-ring (bicyclic) bond motifs is 4. The van der Waals surface area contributed by atoms with Gasteiger partial charge in [0.2, 0.25) is 11.8 Å². The van der Waals surface area contributed by atoms with Crippen LogP contribution < -0.4 is 15.1 Å². The van der Waals surface area contributed by atoms with Crippen LogP contribution in [0.4, 0.5) is 24.7 Å². The summed E-state index contributed by atoms with van der Waals surface area (Å²) in [5, 5.41) is 31.2. The first-order valence-electron chi connectivity index (χ1n) is 17.7. The number of methoxy groups -OCH3 is 1. The second-order valence-electron chi connectivity index (χ2n) is 14.5. The van der Waals surface area contributed by atoms with Gasteiger partial charge in [-0.05, 0) is 88.3 Å². The summed E-state index contributed by atoms with van der Waals surface area (Å²) in [6.45, 7) is 0. The fraction of sp³-hybridized carbons (Fsp3) is 0.250. The largest absolute Gasteiger partial charge is 0.507 e. The molecule has 3 aromatic carbocycles. The Balaban J connectivity index is 1.32. The molecule has 2 aliphatic heterocycles. The highest BCUT2D eigenvalue weighted by atomic mass is 79.9. The van der Waals surface area contributed by atoms with E-state index in [1.54, 1.807) is 18.2 Å². The zero-order valence-corrected chi connectivity index (χ0v) is 33.2. The first-order chi connectivity index (χ1) is 27.9.